The summed E-state index contributed by atoms with van der Waals surface area (Å²) in [6.07, 6.45) is -3.95. The van der Waals surface area contributed by atoms with Crippen molar-refractivity contribution in [1.82, 2.24) is 25.3 Å². The number of aliphatic imine (C=N–C) groups is 1. The van der Waals surface area contributed by atoms with E-state index in [-0.39, 0.29) is 40.8 Å². The minimum absolute atomic E-state index is 0.0451. The Hall–Kier alpha value is -5.22. The van der Waals surface area contributed by atoms with Gasteiger partial charge in [0.1, 0.15) is 6.04 Å². The average Bonchev–Trinajstić information content (AvgIpc) is 3.51. The number of hydrogen-bond acceptors (Lipinski definition) is 7. The third kappa shape index (κ3) is 9.17. The summed E-state index contributed by atoms with van der Waals surface area (Å²) < 4.78 is 70.2. The van der Waals surface area contributed by atoms with Gasteiger partial charge < -0.3 is 11.1 Å². The molecule has 248 valence electrons. The predicted octanol–water partition coefficient (Wildman–Crippen LogP) is 3.93. The molecular formula is C31H32F3N7O5S. The molecule has 0 aliphatic carbocycles. The molecule has 0 spiro atoms. The van der Waals surface area contributed by atoms with Crippen molar-refractivity contribution >= 4 is 27.8 Å². The fourth-order valence-electron chi connectivity index (χ4n) is 4.47. The van der Waals surface area contributed by atoms with Crippen LogP contribution in [0.15, 0.2) is 94.8 Å². The number of hydrogen-bond donors (Lipinski definition) is 5. The van der Waals surface area contributed by atoms with Crippen LogP contribution in [-0.2, 0) is 21.0 Å². The highest BCUT2D eigenvalue weighted by Crippen LogP contribution is 2.33. The molecular weight excluding hydrogens is 639 g/mol. The molecule has 0 saturated carbocycles. The number of nitrogens with zero attached hydrogens (tertiary/aromatic N) is 3. The lowest BCUT2D eigenvalue weighted by Crippen LogP contribution is -2.48. The van der Waals surface area contributed by atoms with Gasteiger partial charge in [-0.1, -0.05) is 48.0 Å². The molecule has 3 aromatic carbocycles. The van der Waals surface area contributed by atoms with E-state index in [9.17, 15) is 31.2 Å². The van der Waals surface area contributed by atoms with Gasteiger partial charge in [-0.15, -0.1) is 0 Å². The quantitative estimate of drug-likeness (QED) is 0.0650. The second-order valence-electron chi connectivity index (χ2n) is 10.4. The highest BCUT2D eigenvalue weighted by atomic mass is 32.2. The highest BCUT2D eigenvalue weighted by molar-refractivity contribution is 7.90. The van der Waals surface area contributed by atoms with E-state index >= 15 is 0 Å². The summed E-state index contributed by atoms with van der Waals surface area (Å²) >= 11 is 0. The molecule has 0 radical (unpaired) electrons. The van der Waals surface area contributed by atoms with Gasteiger partial charge in [0.25, 0.3) is 21.8 Å². The van der Waals surface area contributed by atoms with Gasteiger partial charge in [0, 0.05) is 17.7 Å². The molecule has 0 bridgehead atoms. The molecule has 6 N–H and O–H groups in total. The Morgan fingerprint density at radius 1 is 1.00 bits per heavy atom. The van der Waals surface area contributed by atoms with E-state index in [1.54, 1.807) is 47.9 Å². The lowest BCUT2D eigenvalue weighted by atomic mass is 10.1. The zero-order valence-electron chi connectivity index (χ0n) is 25.0. The number of alkyl halides is 3. The molecule has 0 fully saturated rings. The molecule has 0 aliphatic heterocycles. The average molecular weight is 672 g/mol. The fraction of sp³-hybridized carbons (Fsp3) is 0.226. The second-order valence-corrected chi connectivity index (χ2v) is 12.1. The van der Waals surface area contributed by atoms with Crippen LogP contribution in [0, 0.1) is 6.92 Å². The number of benzene rings is 3. The largest absolute Gasteiger partial charge is 0.435 e. The number of nitrogens with two attached hydrogens (primary N) is 1. The van der Waals surface area contributed by atoms with Gasteiger partial charge in [-0.3, -0.25) is 19.8 Å². The van der Waals surface area contributed by atoms with Crippen molar-refractivity contribution in [2.75, 3.05) is 6.54 Å². The number of guanidine groups is 1. The van der Waals surface area contributed by atoms with Gasteiger partial charge in [-0.25, -0.2) is 23.3 Å². The van der Waals surface area contributed by atoms with Crippen molar-refractivity contribution in [3.8, 4) is 16.9 Å². The number of nitrogens with one attached hydrogen (secondary N) is 3. The maximum absolute atomic E-state index is 13.6. The summed E-state index contributed by atoms with van der Waals surface area (Å²) in [6, 6.07) is 19.3. The molecule has 12 nitrogen and oxygen atoms in total. The highest BCUT2D eigenvalue weighted by Gasteiger charge is 2.35. The van der Waals surface area contributed by atoms with Crippen LogP contribution < -0.4 is 21.3 Å². The number of hydroxylamine groups is 1. The van der Waals surface area contributed by atoms with Gasteiger partial charge >= 0.3 is 6.18 Å². The van der Waals surface area contributed by atoms with Crippen LogP contribution in [0.1, 0.15) is 40.9 Å². The Balaban J connectivity index is 1.54. The molecule has 16 heteroatoms. The summed E-state index contributed by atoms with van der Waals surface area (Å²) in [5.41, 5.74) is 7.85. The summed E-state index contributed by atoms with van der Waals surface area (Å²) in [6.45, 7) is 2.03. The van der Waals surface area contributed by atoms with Gasteiger partial charge in [-0.05, 0) is 68.7 Å². The summed E-state index contributed by atoms with van der Waals surface area (Å²) in [4.78, 5) is 29.5. The van der Waals surface area contributed by atoms with E-state index in [0.717, 1.165) is 28.4 Å². The number of carbonyl (C=O) groups is 2. The zero-order valence-corrected chi connectivity index (χ0v) is 25.8. The number of aromatic nitrogens is 2. The van der Waals surface area contributed by atoms with Crippen molar-refractivity contribution in [3.05, 3.63) is 102 Å². The summed E-state index contributed by atoms with van der Waals surface area (Å²) in [5.74, 6) is -1.79. The van der Waals surface area contributed by atoms with Crippen LogP contribution in [0.5, 0.6) is 0 Å². The number of halogens is 3. The molecule has 1 aromatic heterocycles. The molecule has 4 aromatic rings. The molecule has 47 heavy (non-hydrogen) atoms. The van der Waals surface area contributed by atoms with E-state index in [1.807, 2.05) is 11.6 Å². The Morgan fingerprint density at radius 2 is 1.66 bits per heavy atom. The first-order chi connectivity index (χ1) is 22.3. The van der Waals surface area contributed by atoms with Gasteiger partial charge in [0.15, 0.2) is 5.69 Å². The Kier molecular flexibility index (Phi) is 11.0. The van der Waals surface area contributed by atoms with E-state index in [0.29, 0.717) is 18.4 Å². The molecule has 1 atom stereocenters. The van der Waals surface area contributed by atoms with E-state index in [1.165, 1.54) is 24.3 Å². The van der Waals surface area contributed by atoms with E-state index in [2.05, 4.69) is 15.4 Å². The topological polar surface area (TPSA) is 181 Å². The lowest BCUT2D eigenvalue weighted by Gasteiger charge is -2.19. The Bertz CT molecular complexity index is 1830. The third-order valence-corrected chi connectivity index (χ3v) is 8.29. The number of unbranched alkanes of at least 4 members (excludes halogenated alkanes) is 1. The number of rotatable bonds is 12. The molecule has 4 rings (SSSR count). The van der Waals surface area contributed by atoms with Crippen molar-refractivity contribution in [3.63, 3.8) is 0 Å². The summed E-state index contributed by atoms with van der Waals surface area (Å²) in [5, 5.41) is 15.0. The first-order valence-electron chi connectivity index (χ1n) is 14.3. The standard InChI is InChI=1S/C31H32F3N7O5S/c1-20-10-12-21(13-11-20)26-19-27(31(32,33)34)38-41(26)23-14-16-24(17-15-23)47(45,46)40-29(43)25(9-5-6-18-36-30(35)39-44)37-28(42)22-7-3-2-4-8-22/h2-4,7-8,10-17,19,25,44H,5-6,9,18H2,1H3,(H,37,42)(H,40,43)(H3,35,36,39)/t25-/m0/s1. The van der Waals surface area contributed by atoms with E-state index < -0.39 is 39.7 Å². The maximum Gasteiger partial charge on any atom is 0.435 e. The molecule has 0 saturated heterocycles. The smallest absolute Gasteiger partial charge is 0.368 e. The lowest BCUT2D eigenvalue weighted by molar-refractivity contribution is -0.141. The number of sulfonamides is 1. The van der Waals surface area contributed by atoms with Crippen LogP contribution in [-0.4, -0.2) is 53.8 Å². The van der Waals surface area contributed by atoms with Crippen molar-refractivity contribution in [1.29, 1.82) is 0 Å². The molecule has 0 aliphatic rings. The third-order valence-electron chi connectivity index (χ3n) is 6.93. The maximum atomic E-state index is 13.6. The first-order valence-corrected chi connectivity index (χ1v) is 15.7. The minimum atomic E-state index is -4.72. The van der Waals surface area contributed by atoms with Crippen LogP contribution in [0.25, 0.3) is 16.9 Å². The van der Waals surface area contributed by atoms with Crippen LogP contribution >= 0.6 is 0 Å². The normalized spacial score (nSPS) is 12.7. The van der Waals surface area contributed by atoms with Crippen molar-refractivity contribution in [2.24, 2.45) is 10.7 Å². The number of carbonyl (C=O) groups excluding carboxylic acids is 2. The van der Waals surface area contributed by atoms with Crippen molar-refractivity contribution < 1.29 is 36.4 Å². The molecule has 2 amide bonds. The van der Waals surface area contributed by atoms with Crippen LogP contribution in [0.3, 0.4) is 0 Å². The number of amides is 2. The van der Waals surface area contributed by atoms with E-state index in [4.69, 9.17) is 10.9 Å². The molecule has 0 unspecified atom stereocenters. The van der Waals surface area contributed by atoms with Crippen LogP contribution in [0.4, 0.5) is 13.2 Å². The van der Waals surface area contributed by atoms with Gasteiger partial charge in [0.05, 0.1) is 16.3 Å². The number of aryl methyl sites for hydroxylation is 1. The predicted molar refractivity (Wildman–Crippen MR) is 167 cm³/mol. The first kappa shape index (κ1) is 34.6. The second kappa shape index (κ2) is 14.9. The monoisotopic (exact) mass is 671 g/mol. The zero-order chi connectivity index (χ0) is 34.2. The van der Waals surface area contributed by atoms with Crippen molar-refractivity contribution in [2.45, 2.75) is 43.3 Å². The molecule has 1 heterocycles. The van der Waals surface area contributed by atoms with Gasteiger partial charge in [-0.2, -0.15) is 18.3 Å². The van der Waals surface area contributed by atoms with Crippen LogP contribution in [0.2, 0.25) is 0 Å². The minimum Gasteiger partial charge on any atom is -0.368 e. The Labute approximate surface area is 268 Å². The van der Waals surface area contributed by atoms with Gasteiger partial charge in [0.2, 0.25) is 5.96 Å². The summed E-state index contributed by atoms with van der Waals surface area (Å²) in [7, 11) is -4.47. The SMILES string of the molecule is Cc1ccc(-c2cc(C(F)(F)F)nn2-c2ccc(S(=O)(=O)NC(=O)[C@H](CCCCN=C(N)NO)NC(=O)c3ccccc3)cc2)cc1. The Morgan fingerprint density at radius 3 is 2.28 bits per heavy atom. The fourth-order valence-corrected chi connectivity index (χ4v) is 5.49.